The number of carbonyl (C=O) groups is 2. The van der Waals surface area contributed by atoms with Gasteiger partial charge in [0.05, 0.1) is 12.6 Å². The lowest BCUT2D eigenvalue weighted by Gasteiger charge is -2.18. The third-order valence-electron chi connectivity index (χ3n) is 4.47. The maximum atomic E-state index is 13.5. The minimum absolute atomic E-state index is 0.0282. The van der Waals surface area contributed by atoms with Crippen LogP contribution in [0.1, 0.15) is 29.6 Å². The monoisotopic (exact) mass is 377 g/mol. The van der Waals surface area contributed by atoms with Gasteiger partial charge in [-0.15, -0.1) is 0 Å². The van der Waals surface area contributed by atoms with Gasteiger partial charge >= 0.3 is 0 Å². The number of nitrogens with zero attached hydrogens (tertiary/aromatic N) is 2. The number of nitriles is 1. The SMILES string of the molecule is N#C[C@@H]1CC(F)(F)CN1C(=O)CCC(=O)c1c[nH]c(=O)c2ccc(F)cc12. The number of halogens is 3. The van der Waals surface area contributed by atoms with E-state index in [0.29, 0.717) is 0 Å². The van der Waals surface area contributed by atoms with Crippen molar-refractivity contribution in [1.29, 1.82) is 5.26 Å². The van der Waals surface area contributed by atoms with Gasteiger partial charge in [-0.25, -0.2) is 13.2 Å². The zero-order chi connectivity index (χ0) is 19.8. The third kappa shape index (κ3) is 3.69. The van der Waals surface area contributed by atoms with E-state index in [1.54, 1.807) is 6.07 Å². The summed E-state index contributed by atoms with van der Waals surface area (Å²) < 4.78 is 40.3. The van der Waals surface area contributed by atoms with Crippen LogP contribution in [0.4, 0.5) is 13.2 Å². The Bertz CT molecular complexity index is 1030. The fraction of sp³-hybridized carbons (Fsp3) is 0.333. The highest BCUT2D eigenvalue weighted by Gasteiger charge is 2.47. The summed E-state index contributed by atoms with van der Waals surface area (Å²) in [4.78, 5) is 39.6. The van der Waals surface area contributed by atoms with Crippen LogP contribution >= 0.6 is 0 Å². The van der Waals surface area contributed by atoms with Gasteiger partial charge in [0, 0.05) is 41.8 Å². The number of alkyl halides is 2. The van der Waals surface area contributed by atoms with Crippen LogP contribution in [-0.2, 0) is 4.79 Å². The summed E-state index contributed by atoms with van der Waals surface area (Å²) in [5.74, 6) is -5.04. The first-order chi connectivity index (χ1) is 12.7. The molecule has 1 atom stereocenters. The molecule has 3 rings (SSSR count). The molecular weight excluding hydrogens is 363 g/mol. The maximum Gasteiger partial charge on any atom is 0.268 e. The topological polar surface area (TPSA) is 94.0 Å². The number of H-pyrrole nitrogens is 1. The van der Waals surface area contributed by atoms with E-state index in [4.69, 9.17) is 5.26 Å². The number of hydrogen-bond donors (Lipinski definition) is 1. The molecule has 0 aliphatic carbocycles. The predicted molar refractivity (Wildman–Crippen MR) is 88.8 cm³/mol. The normalized spacial score (nSPS) is 18.4. The Kier molecular flexibility index (Phi) is 4.74. The molecule has 1 fully saturated rings. The van der Waals surface area contributed by atoms with Gasteiger partial charge in [0.2, 0.25) is 5.91 Å². The van der Waals surface area contributed by atoms with Crippen LogP contribution in [0.15, 0.2) is 29.2 Å². The predicted octanol–water partition coefficient (Wildman–Crippen LogP) is 2.39. The number of nitrogens with one attached hydrogen (secondary N) is 1. The lowest BCUT2D eigenvalue weighted by Crippen LogP contribution is -2.36. The number of fused-ring (bicyclic) bond motifs is 1. The molecule has 0 saturated carbocycles. The largest absolute Gasteiger partial charge is 0.328 e. The number of hydrogen-bond acceptors (Lipinski definition) is 4. The molecule has 9 heteroatoms. The number of aromatic amines is 1. The van der Waals surface area contributed by atoms with Crippen LogP contribution in [0.2, 0.25) is 0 Å². The first kappa shape index (κ1) is 18.6. The van der Waals surface area contributed by atoms with Crippen molar-refractivity contribution in [2.24, 2.45) is 0 Å². The van der Waals surface area contributed by atoms with Crippen molar-refractivity contribution in [2.45, 2.75) is 31.2 Å². The quantitative estimate of drug-likeness (QED) is 0.828. The molecular formula is C18H14F3N3O3. The number of amides is 1. The van der Waals surface area contributed by atoms with E-state index in [-0.39, 0.29) is 29.2 Å². The molecule has 1 saturated heterocycles. The van der Waals surface area contributed by atoms with E-state index in [1.807, 2.05) is 0 Å². The van der Waals surface area contributed by atoms with E-state index in [2.05, 4.69) is 4.98 Å². The zero-order valence-electron chi connectivity index (χ0n) is 14.0. The molecule has 1 N–H and O–H groups in total. The van der Waals surface area contributed by atoms with Crippen LogP contribution in [0, 0.1) is 17.1 Å². The molecule has 2 heterocycles. The number of Topliss-reactive ketones (excluding diaryl/α,β-unsaturated/α-hetero) is 1. The first-order valence-electron chi connectivity index (χ1n) is 8.13. The second-order valence-corrected chi connectivity index (χ2v) is 6.37. The van der Waals surface area contributed by atoms with Gasteiger partial charge in [0.15, 0.2) is 5.78 Å². The van der Waals surface area contributed by atoms with Crippen LogP contribution < -0.4 is 5.56 Å². The minimum atomic E-state index is -3.13. The molecule has 6 nitrogen and oxygen atoms in total. The van der Waals surface area contributed by atoms with Crippen molar-refractivity contribution in [2.75, 3.05) is 6.54 Å². The molecule has 2 aromatic rings. The molecule has 1 aliphatic rings. The first-order valence-corrected chi connectivity index (χ1v) is 8.13. The number of ketones is 1. The number of benzene rings is 1. The van der Waals surface area contributed by atoms with E-state index in [1.165, 1.54) is 6.07 Å². The molecule has 27 heavy (non-hydrogen) atoms. The summed E-state index contributed by atoms with van der Waals surface area (Å²) >= 11 is 0. The number of pyridine rings is 1. The summed E-state index contributed by atoms with van der Waals surface area (Å²) in [7, 11) is 0. The summed E-state index contributed by atoms with van der Waals surface area (Å²) in [5, 5.41) is 9.16. The van der Waals surface area contributed by atoms with Gasteiger partial charge in [-0.3, -0.25) is 14.4 Å². The standard InChI is InChI=1S/C18H14F3N3O3/c19-10-1-2-12-13(5-10)14(8-23-17(12)27)15(25)3-4-16(26)24-9-18(20,21)6-11(24)7-22/h1-2,5,8,11H,3-4,6,9H2,(H,23,27)/t11-/m0/s1. The van der Waals surface area contributed by atoms with Gasteiger partial charge in [0.25, 0.3) is 11.5 Å². The molecule has 1 aliphatic heterocycles. The van der Waals surface area contributed by atoms with Crippen LogP contribution in [0.3, 0.4) is 0 Å². The number of likely N-dealkylation sites (tertiary alicyclic amines) is 1. The van der Waals surface area contributed by atoms with Gasteiger partial charge in [-0.1, -0.05) is 0 Å². The number of carbonyl (C=O) groups excluding carboxylic acids is 2. The minimum Gasteiger partial charge on any atom is -0.328 e. The molecule has 1 amide bonds. The molecule has 0 spiro atoms. The molecule has 140 valence electrons. The van der Waals surface area contributed by atoms with Crippen molar-refractivity contribution < 1.29 is 22.8 Å². The third-order valence-corrected chi connectivity index (χ3v) is 4.47. The average molecular weight is 377 g/mol. The van der Waals surface area contributed by atoms with Crippen LogP contribution in [0.5, 0.6) is 0 Å². The van der Waals surface area contributed by atoms with E-state index >= 15 is 0 Å². The summed E-state index contributed by atoms with van der Waals surface area (Å²) in [6.45, 7) is -0.856. The van der Waals surface area contributed by atoms with Crippen molar-refractivity contribution in [3.63, 3.8) is 0 Å². The second-order valence-electron chi connectivity index (χ2n) is 6.37. The van der Waals surface area contributed by atoms with Crippen molar-refractivity contribution in [3.8, 4) is 6.07 Å². The molecule has 1 aromatic heterocycles. The fourth-order valence-electron chi connectivity index (χ4n) is 3.15. The van der Waals surface area contributed by atoms with Crippen molar-refractivity contribution >= 4 is 22.5 Å². The average Bonchev–Trinajstić information content (AvgIpc) is 2.94. The van der Waals surface area contributed by atoms with Gasteiger partial charge < -0.3 is 9.88 Å². The Morgan fingerprint density at radius 3 is 2.74 bits per heavy atom. The zero-order valence-corrected chi connectivity index (χ0v) is 14.0. The highest BCUT2D eigenvalue weighted by Crippen LogP contribution is 2.32. The van der Waals surface area contributed by atoms with E-state index < -0.39 is 48.0 Å². The maximum absolute atomic E-state index is 13.5. The van der Waals surface area contributed by atoms with Crippen LogP contribution in [0.25, 0.3) is 10.8 Å². The molecule has 0 radical (unpaired) electrons. The Labute approximate surface area is 151 Å². The molecule has 0 bridgehead atoms. The second kappa shape index (κ2) is 6.87. The van der Waals surface area contributed by atoms with Crippen molar-refractivity contribution in [1.82, 2.24) is 9.88 Å². The molecule has 0 unspecified atom stereocenters. The fourth-order valence-corrected chi connectivity index (χ4v) is 3.15. The lowest BCUT2D eigenvalue weighted by molar-refractivity contribution is -0.132. The smallest absolute Gasteiger partial charge is 0.268 e. The summed E-state index contributed by atoms with van der Waals surface area (Å²) in [5.41, 5.74) is -0.464. The highest BCUT2D eigenvalue weighted by molar-refractivity contribution is 6.08. The number of aromatic nitrogens is 1. The Balaban J connectivity index is 1.77. The van der Waals surface area contributed by atoms with Crippen molar-refractivity contribution in [3.05, 3.63) is 46.1 Å². The lowest BCUT2D eigenvalue weighted by atomic mass is 10.0. The van der Waals surface area contributed by atoms with E-state index in [9.17, 15) is 27.6 Å². The Morgan fingerprint density at radius 1 is 1.30 bits per heavy atom. The van der Waals surface area contributed by atoms with E-state index in [0.717, 1.165) is 23.2 Å². The van der Waals surface area contributed by atoms with Gasteiger partial charge in [0.1, 0.15) is 11.9 Å². The highest BCUT2D eigenvalue weighted by atomic mass is 19.3. The summed E-state index contributed by atoms with van der Waals surface area (Å²) in [6, 6.07) is 3.82. The van der Waals surface area contributed by atoms with Gasteiger partial charge in [-0.2, -0.15) is 5.26 Å². The Morgan fingerprint density at radius 2 is 2.04 bits per heavy atom. The number of rotatable bonds is 4. The van der Waals surface area contributed by atoms with Gasteiger partial charge in [-0.05, 0) is 18.2 Å². The Hall–Kier alpha value is -3.15. The summed E-state index contributed by atoms with van der Waals surface area (Å²) in [6.07, 6.45) is -0.286. The molecule has 1 aromatic carbocycles. The van der Waals surface area contributed by atoms with Crippen LogP contribution in [-0.4, -0.2) is 40.1 Å².